The fourth-order valence-electron chi connectivity index (χ4n) is 2.04. The largest absolute Gasteiger partial charge is 0.417 e. The maximum atomic E-state index is 12.8. The third-order valence-electron chi connectivity index (χ3n) is 3.08. The van der Waals surface area contributed by atoms with Gasteiger partial charge in [-0.25, -0.2) is 0 Å². The van der Waals surface area contributed by atoms with E-state index in [1.54, 1.807) is 0 Å². The fraction of sp³-hybridized carbons (Fsp3) is 0.188. The summed E-state index contributed by atoms with van der Waals surface area (Å²) in [6.07, 6.45) is -8.14. The Morgan fingerprint density at radius 1 is 0.739 bits per heavy atom. The molecule has 0 radical (unpaired) electrons. The fourth-order valence-corrected chi connectivity index (χ4v) is 2.04. The summed E-state index contributed by atoms with van der Waals surface area (Å²) >= 11 is 0. The van der Waals surface area contributed by atoms with Gasteiger partial charge in [0.15, 0.2) is 0 Å². The van der Waals surface area contributed by atoms with E-state index < -0.39 is 23.5 Å². The van der Waals surface area contributed by atoms with Crippen LogP contribution in [0.25, 0.3) is 0 Å². The summed E-state index contributed by atoms with van der Waals surface area (Å²) in [4.78, 5) is 3.74. The van der Waals surface area contributed by atoms with Crippen molar-refractivity contribution in [1.82, 2.24) is 0 Å². The van der Waals surface area contributed by atoms with E-state index in [0.29, 0.717) is 0 Å². The maximum absolute atomic E-state index is 12.8. The van der Waals surface area contributed by atoms with Gasteiger partial charge in [0.2, 0.25) is 0 Å². The van der Waals surface area contributed by atoms with Crippen molar-refractivity contribution in [2.75, 3.05) is 0 Å². The predicted octanol–water partition coefficient (Wildman–Crippen LogP) is 5.34. The summed E-state index contributed by atoms with van der Waals surface area (Å²) < 4.78 is 76.9. The third-order valence-corrected chi connectivity index (χ3v) is 3.08. The average Bonchev–Trinajstić information content (AvgIpc) is 2.46. The van der Waals surface area contributed by atoms with Crippen LogP contribution in [0.4, 0.5) is 26.3 Å². The van der Waals surface area contributed by atoms with E-state index in [1.165, 1.54) is 36.4 Å². The van der Waals surface area contributed by atoms with Crippen LogP contribution < -0.4 is 0 Å². The molecule has 0 bridgehead atoms. The number of aliphatic imine (C=N–C) groups is 1. The molecule has 0 aliphatic carbocycles. The van der Waals surface area contributed by atoms with Gasteiger partial charge in [0, 0.05) is 11.8 Å². The summed E-state index contributed by atoms with van der Waals surface area (Å²) in [6, 6.07) is 9.56. The van der Waals surface area contributed by atoms with Gasteiger partial charge in [0.1, 0.15) is 0 Å². The third kappa shape index (κ3) is 4.34. The van der Waals surface area contributed by atoms with Crippen LogP contribution in [0.5, 0.6) is 0 Å². The Bertz CT molecular complexity index is 700. The molecule has 0 aromatic heterocycles. The quantitative estimate of drug-likeness (QED) is 0.531. The first kappa shape index (κ1) is 17.1. The number of hydrogen-bond acceptors (Lipinski definition) is 1. The minimum absolute atomic E-state index is 0.0965. The molecule has 122 valence electrons. The molecule has 23 heavy (non-hydrogen) atoms. The van der Waals surface area contributed by atoms with E-state index in [9.17, 15) is 26.3 Å². The Balaban J connectivity index is 2.25. The Labute approximate surface area is 128 Å². The number of hydrogen-bond donors (Lipinski definition) is 0. The van der Waals surface area contributed by atoms with Crippen LogP contribution in [-0.4, -0.2) is 6.21 Å². The van der Waals surface area contributed by atoms with Gasteiger partial charge in [0.25, 0.3) is 0 Å². The van der Waals surface area contributed by atoms with Crippen LogP contribution in [-0.2, 0) is 18.9 Å². The molecule has 0 saturated heterocycles. The lowest BCUT2D eigenvalue weighted by Crippen LogP contribution is -2.09. The average molecular weight is 331 g/mol. The van der Waals surface area contributed by atoms with Crippen molar-refractivity contribution in [3.63, 3.8) is 0 Å². The molecule has 7 heteroatoms. The highest BCUT2D eigenvalue weighted by atomic mass is 19.4. The zero-order valence-corrected chi connectivity index (χ0v) is 11.6. The first-order chi connectivity index (χ1) is 10.7. The minimum Gasteiger partial charge on any atom is -0.288 e. The van der Waals surface area contributed by atoms with Gasteiger partial charge in [-0.05, 0) is 17.7 Å². The van der Waals surface area contributed by atoms with E-state index in [2.05, 4.69) is 4.99 Å². The molecule has 0 unspecified atom stereocenters. The van der Waals surface area contributed by atoms with Gasteiger partial charge >= 0.3 is 12.4 Å². The van der Waals surface area contributed by atoms with Crippen LogP contribution in [0.2, 0.25) is 0 Å². The standard InChI is InChI=1S/C16H11F6N/c17-15(18,19)13-7-3-1-5-11(13)9-23-10-12-6-2-4-8-14(12)16(20,21)22/h1-9H,10H2. The second kappa shape index (κ2) is 6.44. The molecule has 0 atom stereocenters. The van der Waals surface area contributed by atoms with Crippen molar-refractivity contribution in [3.05, 3.63) is 70.8 Å². The maximum Gasteiger partial charge on any atom is 0.417 e. The van der Waals surface area contributed by atoms with Crippen molar-refractivity contribution in [2.24, 2.45) is 4.99 Å². The van der Waals surface area contributed by atoms with Crippen molar-refractivity contribution in [3.8, 4) is 0 Å². The number of benzene rings is 2. The molecule has 1 nitrogen and oxygen atoms in total. The second-order valence-corrected chi connectivity index (χ2v) is 4.71. The van der Waals surface area contributed by atoms with Gasteiger partial charge in [0.05, 0.1) is 17.7 Å². The zero-order chi connectivity index (χ0) is 17.1. The molecule has 2 aromatic carbocycles. The lowest BCUT2D eigenvalue weighted by molar-refractivity contribution is -0.138. The summed E-state index contributed by atoms with van der Waals surface area (Å²) in [5, 5.41) is 0. The molecule has 0 saturated carbocycles. The molecule has 0 aliphatic rings. The highest BCUT2D eigenvalue weighted by Gasteiger charge is 2.33. The van der Waals surface area contributed by atoms with Gasteiger partial charge in [-0.15, -0.1) is 0 Å². The van der Waals surface area contributed by atoms with Crippen molar-refractivity contribution in [1.29, 1.82) is 0 Å². The molecule has 0 amide bonds. The van der Waals surface area contributed by atoms with Crippen LogP contribution in [0.1, 0.15) is 22.3 Å². The van der Waals surface area contributed by atoms with E-state index in [0.717, 1.165) is 18.3 Å². The monoisotopic (exact) mass is 331 g/mol. The molecule has 0 N–H and O–H groups in total. The van der Waals surface area contributed by atoms with Gasteiger partial charge in [-0.3, -0.25) is 4.99 Å². The number of halogens is 6. The molecule has 0 heterocycles. The van der Waals surface area contributed by atoms with Crippen molar-refractivity contribution < 1.29 is 26.3 Å². The number of alkyl halides is 6. The van der Waals surface area contributed by atoms with Crippen molar-refractivity contribution >= 4 is 6.21 Å². The van der Waals surface area contributed by atoms with Crippen LogP contribution in [0.3, 0.4) is 0 Å². The topological polar surface area (TPSA) is 12.4 Å². The molecular weight excluding hydrogens is 320 g/mol. The molecule has 0 fully saturated rings. The smallest absolute Gasteiger partial charge is 0.288 e. The second-order valence-electron chi connectivity index (χ2n) is 4.71. The Morgan fingerprint density at radius 3 is 1.87 bits per heavy atom. The molecule has 0 spiro atoms. The van der Waals surface area contributed by atoms with Gasteiger partial charge in [-0.2, -0.15) is 26.3 Å². The lowest BCUT2D eigenvalue weighted by Gasteiger charge is -2.11. The molecular formula is C16H11F6N. The number of nitrogens with zero attached hydrogens (tertiary/aromatic N) is 1. The lowest BCUT2D eigenvalue weighted by atomic mass is 10.1. The van der Waals surface area contributed by atoms with Crippen LogP contribution in [0, 0.1) is 0 Å². The van der Waals surface area contributed by atoms with E-state index in [1.807, 2.05) is 0 Å². The van der Waals surface area contributed by atoms with Gasteiger partial charge in [-0.1, -0.05) is 36.4 Å². The Hall–Kier alpha value is -2.31. The molecule has 2 rings (SSSR count). The zero-order valence-electron chi connectivity index (χ0n) is 11.6. The highest BCUT2D eigenvalue weighted by Crippen LogP contribution is 2.33. The normalized spacial score (nSPS) is 12.8. The summed E-state index contributed by atoms with van der Waals surface area (Å²) in [6.45, 7) is -0.359. The first-order valence-corrected chi connectivity index (χ1v) is 6.51. The van der Waals surface area contributed by atoms with Crippen molar-refractivity contribution in [2.45, 2.75) is 18.9 Å². The first-order valence-electron chi connectivity index (χ1n) is 6.51. The van der Waals surface area contributed by atoms with E-state index in [-0.39, 0.29) is 17.7 Å². The van der Waals surface area contributed by atoms with Crippen LogP contribution in [0.15, 0.2) is 53.5 Å². The number of rotatable bonds is 3. The molecule has 0 aliphatic heterocycles. The van der Waals surface area contributed by atoms with E-state index >= 15 is 0 Å². The summed E-state index contributed by atoms with van der Waals surface area (Å²) in [7, 11) is 0. The van der Waals surface area contributed by atoms with E-state index in [4.69, 9.17) is 0 Å². The predicted molar refractivity (Wildman–Crippen MR) is 74.2 cm³/mol. The van der Waals surface area contributed by atoms with Gasteiger partial charge < -0.3 is 0 Å². The summed E-state index contributed by atoms with van der Waals surface area (Å²) in [5.41, 5.74) is -2.01. The molecule has 2 aromatic rings. The Kier molecular flexibility index (Phi) is 4.77. The van der Waals surface area contributed by atoms with Crippen LogP contribution >= 0.6 is 0 Å². The SMILES string of the molecule is FC(F)(F)c1ccccc1C=NCc1ccccc1C(F)(F)F. The Morgan fingerprint density at radius 2 is 1.26 bits per heavy atom. The summed E-state index contributed by atoms with van der Waals surface area (Å²) in [5.74, 6) is 0. The highest BCUT2D eigenvalue weighted by molar-refractivity contribution is 5.82. The minimum atomic E-state index is -4.55.